The first-order valence-electron chi connectivity index (χ1n) is 14.5. The van der Waals surface area contributed by atoms with Crippen LogP contribution in [0.15, 0.2) is 24.3 Å². The maximum atomic E-state index is 13.7. The van der Waals surface area contributed by atoms with Crippen molar-refractivity contribution in [1.82, 2.24) is 31.1 Å². The number of hydrogen-bond donors (Lipinski definition) is 8. The lowest BCUT2D eigenvalue weighted by atomic mass is 10.0. The van der Waals surface area contributed by atoms with E-state index < -0.39 is 84.7 Å². The second kappa shape index (κ2) is 15.8. The average molecular weight is 633 g/mol. The third kappa shape index (κ3) is 9.61. The molecule has 1 aromatic rings. The van der Waals surface area contributed by atoms with Crippen LogP contribution in [0.2, 0.25) is 0 Å². The average Bonchev–Trinajstić information content (AvgIpc) is 3.65. The van der Waals surface area contributed by atoms with Gasteiger partial charge in [0.15, 0.2) is 0 Å². The topological polar surface area (TPSA) is 267 Å². The number of aliphatic hydroxyl groups is 1. The molecule has 0 aliphatic carbocycles. The summed E-state index contributed by atoms with van der Waals surface area (Å²) in [6, 6.07) is 1.93. The highest BCUT2D eigenvalue weighted by Crippen LogP contribution is 2.26. The molecule has 0 spiro atoms. The molecule has 0 bridgehead atoms. The molecule has 0 saturated carbocycles. The lowest BCUT2D eigenvalue weighted by Gasteiger charge is -2.33. The van der Waals surface area contributed by atoms with Crippen molar-refractivity contribution in [3.63, 3.8) is 0 Å². The predicted octanol–water partition coefficient (Wildman–Crippen LogP) is -4.45. The van der Waals surface area contributed by atoms with E-state index >= 15 is 0 Å². The van der Waals surface area contributed by atoms with E-state index in [1.165, 1.54) is 28.9 Å². The lowest BCUT2D eigenvalue weighted by molar-refractivity contribution is -0.148. The number of aromatic hydroxyl groups is 1. The number of phenolic OH excluding ortho intramolecular Hbond substituents is 1. The Hall–Kier alpha value is -4.77. The Balaban J connectivity index is 1.65. The summed E-state index contributed by atoms with van der Waals surface area (Å²) in [5.74, 6) is -4.47. The van der Waals surface area contributed by atoms with E-state index in [4.69, 9.17) is 11.5 Å². The molecule has 7 amide bonds. The van der Waals surface area contributed by atoms with E-state index in [-0.39, 0.29) is 38.2 Å². The van der Waals surface area contributed by atoms with Gasteiger partial charge in [-0.1, -0.05) is 12.1 Å². The molecule has 5 atom stereocenters. The van der Waals surface area contributed by atoms with Gasteiger partial charge in [0, 0.05) is 25.9 Å². The Morgan fingerprint density at radius 1 is 0.956 bits per heavy atom. The molecule has 2 aliphatic rings. The van der Waals surface area contributed by atoms with Gasteiger partial charge < -0.3 is 52.7 Å². The monoisotopic (exact) mass is 632 g/mol. The number of carbonyl (C=O) groups is 7. The van der Waals surface area contributed by atoms with Crippen molar-refractivity contribution in [2.45, 2.75) is 62.9 Å². The zero-order chi connectivity index (χ0) is 33.3. The van der Waals surface area contributed by atoms with Crippen molar-refractivity contribution in [2.75, 3.05) is 32.7 Å². The van der Waals surface area contributed by atoms with E-state index in [0.717, 1.165) is 0 Å². The predicted molar refractivity (Wildman–Crippen MR) is 156 cm³/mol. The van der Waals surface area contributed by atoms with Crippen LogP contribution in [0.3, 0.4) is 0 Å². The Kier molecular flexibility index (Phi) is 12.2. The molecule has 2 saturated heterocycles. The molecule has 2 unspecified atom stereocenters. The molecular formula is C28H40N8O9. The Bertz CT molecular complexity index is 1290. The largest absolute Gasteiger partial charge is 0.508 e. The molecule has 17 nitrogen and oxygen atoms in total. The summed E-state index contributed by atoms with van der Waals surface area (Å²) >= 11 is 0. The number of β-amino-alcohol motifs (C(OH)–C–C–N with tert-alkyl or cyclic N) is 1. The molecule has 246 valence electrons. The summed E-state index contributed by atoms with van der Waals surface area (Å²) in [5, 5.41) is 29.5. The van der Waals surface area contributed by atoms with E-state index in [1.54, 1.807) is 12.1 Å². The minimum atomic E-state index is -1.13. The number of amides is 7. The zero-order valence-corrected chi connectivity index (χ0v) is 24.9. The standard InChI is InChI=1S/C28H40N8O9/c1-15(25(42)31-12-22(30)39)33-24(41)13-32-26(43)21-10-18(38)14-36(21)28(45)20-3-2-8-35(20)27(44)19(34-23(40)11-29)9-16-4-6-17(37)7-5-16/h4-7,15,18-21,37-38H,2-3,8-14,29H2,1H3,(H2,30,39)(H,31,42)(H,32,43)(H,33,41)(H,34,40)/t15?,18?,19-,20-,21+/m1/s1. The first-order chi connectivity index (χ1) is 21.3. The number of nitrogens with zero attached hydrogens (tertiary/aromatic N) is 2. The van der Waals surface area contributed by atoms with Crippen LogP contribution in [0.5, 0.6) is 5.75 Å². The van der Waals surface area contributed by atoms with Crippen molar-refractivity contribution in [1.29, 1.82) is 0 Å². The molecule has 1 aromatic carbocycles. The third-order valence-corrected chi connectivity index (χ3v) is 7.51. The Morgan fingerprint density at radius 2 is 1.64 bits per heavy atom. The summed E-state index contributed by atoms with van der Waals surface area (Å²) in [4.78, 5) is 90.2. The fourth-order valence-electron chi connectivity index (χ4n) is 5.28. The second-order valence-electron chi connectivity index (χ2n) is 11.0. The lowest BCUT2D eigenvalue weighted by Crippen LogP contribution is -2.57. The van der Waals surface area contributed by atoms with Gasteiger partial charge in [0.1, 0.15) is 29.9 Å². The van der Waals surface area contributed by atoms with Gasteiger partial charge in [-0.05, 0) is 37.5 Å². The van der Waals surface area contributed by atoms with Crippen LogP contribution in [-0.2, 0) is 40.0 Å². The highest BCUT2D eigenvalue weighted by atomic mass is 16.3. The van der Waals surface area contributed by atoms with Gasteiger partial charge in [0.2, 0.25) is 41.4 Å². The third-order valence-electron chi connectivity index (χ3n) is 7.51. The second-order valence-corrected chi connectivity index (χ2v) is 11.0. The minimum absolute atomic E-state index is 0.0314. The van der Waals surface area contributed by atoms with Crippen molar-refractivity contribution in [3.8, 4) is 5.75 Å². The molecule has 2 aliphatic heterocycles. The van der Waals surface area contributed by atoms with Crippen molar-refractivity contribution < 1.29 is 43.8 Å². The normalized spacial score (nSPS) is 20.6. The smallest absolute Gasteiger partial charge is 0.246 e. The van der Waals surface area contributed by atoms with Gasteiger partial charge in [-0.25, -0.2) is 0 Å². The van der Waals surface area contributed by atoms with Crippen LogP contribution < -0.4 is 32.7 Å². The minimum Gasteiger partial charge on any atom is -0.508 e. The SMILES string of the molecule is CC(NC(=O)CNC(=O)[C@@H]1CC(O)CN1C(=O)[C@H]1CCCN1C(=O)[C@@H](Cc1ccc(O)cc1)NC(=O)CN)C(=O)NCC(N)=O. The molecule has 0 radical (unpaired) electrons. The number of aliphatic hydroxyl groups excluding tert-OH is 1. The highest BCUT2D eigenvalue weighted by molar-refractivity contribution is 5.96. The summed E-state index contributed by atoms with van der Waals surface area (Å²) in [6.07, 6.45) is -0.271. The number of benzene rings is 1. The molecule has 45 heavy (non-hydrogen) atoms. The van der Waals surface area contributed by atoms with Crippen molar-refractivity contribution in [2.24, 2.45) is 11.5 Å². The summed E-state index contributed by atoms with van der Waals surface area (Å²) < 4.78 is 0. The molecule has 0 aromatic heterocycles. The number of nitrogens with one attached hydrogen (secondary N) is 4. The maximum absolute atomic E-state index is 13.7. The van der Waals surface area contributed by atoms with Gasteiger partial charge in [-0.3, -0.25) is 33.6 Å². The molecule has 10 N–H and O–H groups in total. The van der Waals surface area contributed by atoms with Gasteiger partial charge in [0.05, 0.1) is 25.7 Å². The van der Waals surface area contributed by atoms with Crippen LogP contribution in [0.25, 0.3) is 0 Å². The van der Waals surface area contributed by atoms with Crippen molar-refractivity contribution in [3.05, 3.63) is 29.8 Å². The molecule has 2 heterocycles. The number of nitrogens with two attached hydrogens (primary N) is 2. The Morgan fingerprint density at radius 3 is 2.29 bits per heavy atom. The fraction of sp³-hybridized carbons (Fsp3) is 0.536. The number of likely N-dealkylation sites (tertiary alicyclic amines) is 2. The van der Waals surface area contributed by atoms with Crippen molar-refractivity contribution >= 4 is 41.4 Å². The van der Waals surface area contributed by atoms with Crippen LogP contribution >= 0.6 is 0 Å². The van der Waals surface area contributed by atoms with Crippen LogP contribution in [0.1, 0.15) is 31.7 Å². The van der Waals surface area contributed by atoms with Crippen LogP contribution in [-0.4, -0.2) is 124 Å². The van der Waals surface area contributed by atoms with Gasteiger partial charge in [-0.15, -0.1) is 0 Å². The first-order valence-corrected chi connectivity index (χ1v) is 14.5. The number of phenols is 1. The molecule has 17 heteroatoms. The van der Waals surface area contributed by atoms with Gasteiger partial charge in [-0.2, -0.15) is 0 Å². The van der Waals surface area contributed by atoms with E-state index in [2.05, 4.69) is 21.3 Å². The summed E-state index contributed by atoms with van der Waals surface area (Å²) in [5.41, 5.74) is 11.1. The van der Waals surface area contributed by atoms with E-state index in [0.29, 0.717) is 18.4 Å². The summed E-state index contributed by atoms with van der Waals surface area (Å²) in [7, 11) is 0. The van der Waals surface area contributed by atoms with Crippen LogP contribution in [0.4, 0.5) is 0 Å². The molecular weight excluding hydrogens is 592 g/mol. The van der Waals surface area contributed by atoms with Gasteiger partial charge >= 0.3 is 0 Å². The quantitative estimate of drug-likeness (QED) is 0.103. The van der Waals surface area contributed by atoms with Crippen LogP contribution in [0, 0.1) is 0 Å². The number of carbonyl (C=O) groups excluding carboxylic acids is 7. The molecule has 3 rings (SSSR count). The van der Waals surface area contributed by atoms with Gasteiger partial charge in [0.25, 0.3) is 0 Å². The highest BCUT2D eigenvalue weighted by Gasteiger charge is 2.45. The zero-order valence-electron chi connectivity index (χ0n) is 24.9. The number of rotatable bonds is 13. The molecule has 2 fully saturated rings. The number of primary amides is 1. The van der Waals surface area contributed by atoms with E-state index in [9.17, 15) is 43.8 Å². The van der Waals surface area contributed by atoms with E-state index in [1.807, 2.05) is 0 Å². The maximum Gasteiger partial charge on any atom is 0.246 e. The number of hydrogen-bond acceptors (Lipinski definition) is 10. The Labute approximate surface area is 259 Å². The summed E-state index contributed by atoms with van der Waals surface area (Å²) in [6.45, 7) is 0.126. The fourth-order valence-corrected chi connectivity index (χ4v) is 5.28. The first kappa shape index (κ1) is 34.7.